The second-order valence-electron chi connectivity index (χ2n) is 10.7. The number of Topliss-reactive ketones (excluding diaryl/α,β-unsaturated/α-hetero) is 1. The van der Waals surface area contributed by atoms with E-state index in [0.29, 0.717) is 25.7 Å². The number of carbonyl (C=O) groups excluding carboxylic acids is 2. The number of aliphatic hydroxyl groups excluding tert-OH is 2. The Morgan fingerprint density at radius 1 is 1.13 bits per heavy atom. The average Bonchev–Trinajstić information content (AvgIpc) is 2.76. The second kappa shape index (κ2) is 6.37. The van der Waals surface area contributed by atoms with Gasteiger partial charge in [-0.25, -0.2) is 0 Å². The fraction of sp³-hybridized carbons (Fsp3) is 0.826. The number of carbonyl (C=O) groups is 2. The molecule has 0 saturated heterocycles. The van der Waals surface area contributed by atoms with Gasteiger partial charge in [-0.1, -0.05) is 27.4 Å². The zero-order valence-corrected chi connectivity index (χ0v) is 18.5. The van der Waals surface area contributed by atoms with Crippen molar-refractivity contribution in [2.75, 3.05) is 7.11 Å². The smallest absolute Gasteiger partial charge is 0.302 e. The number of methoxy groups -OCH3 is 1. The molecule has 0 aliphatic heterocycles. The summed E-state index contributed by atoms with van der Waals surface area (Å²) in [7, 11) is 1.27. The van der Waals surface area contributed by atoms with Gasteiger partial charge in [-0.2, -0.15) is 0 Å². The van der Waals surface area contributed by atoms with Crippen LogP contribution < -0.4 is 0 Å². The average molecular weight is 423 g/mol. The summed E-state index contributed by atoms with van der Waals surface area (Å²) in [6, 6.07) is 0. The van der Waals surface area contributed by atoms with Crippen LogP contribution in [0, 0.1) is 34.0 Å². The molecule has 4 saturated carbocycles. The third kappa shape index (κ3) is 2.20. The first-order chi connectivity index (χ1) is 13.8. The molecule has 3 N–H and O–H groups in total. The van der Waals surface area contributed by atoms with E-state index >= 15 is 0 Å². The van der Waals surface area contributed by atoms with Crippen LogP contribution in [0.5, 0.6) is 0 Å². The Bertz CT molecular complexity index is 805. The monoisotopic (exact) mass is 422 g/mol. The van der Waals surface area contributed by atoms with Gasteiger partial charge < -0.3 is 24.8 Å². The van der Waals surface area contributed by atoms with E-state index in [1.54, 1.807) is 0 Å². The van der Waals surface area contributed by atoms with Gasteiger partial charge in [-0.05, 0) is 42.6 Å². The molecule has 4 fully saturated rings. The molecule has 4 aliphatic carbocycles. The van der Waals surface area contributed by atoms with E-state index in [1.807, 2.05) is 20.8 Å². The van der Waals surface area contributed by atoms with Crippen LogP contribution in [0.4, 0.5) is 0 Å². The molecule has 0 aromatic heterocycles. The first-order valence-electron chi connectivity index (χ1n) is 10.9. The Hall–Kier alpha value is -1.28. The molecular formula is C23H34O7. The van der Waals surface area contributed by atoms with E-state index < -0.39 is 69.9 Å². The molecule has 0 aromatic rings. The second-order valence-corrected chi connectivity index (χ2v) is 10.7. The fourth-order valence-corrected chi connectivity index (χ4v) is 8.14. The molecule has 7 heteroatoms. The van der Waals surface area contributed by atoms with Gasteiger partial charge >= 0.3 is 5.97 Å². The number of hydrogen-bond acceptors (Lipinski definition) is 7. The van der Waals surface area contributed by atoms with Crippen molar-refractivity contribution >= 4 is 11.8 Å². The van der Waals surface area contributed by atoms with Gasteiger partial charge in [-0.15, -0.1) is 0 Å². The summed E-state index contributed by atoms with van der Waals surface area (Å²) in [5.41, 5.74) is -2.74. The Morgan fingerprint density at radius 2 is 1.77 bits per heavy atom. The standard InChI is InChI=1S/C23H34O7/c1-11-13-7-8-14-21(5)15(30-12(2)24)9-10-20(3,4)16(21)19(27)23(28,29-6)22(14,17(11)25)18(13)26/h13-16,18-19,26-28H,1,7-10H2,2-6H3/t13-,14-,15-,16+,18+,19-,21+,22-,23+/m0/s1. The van der Waals surface area contributed by atoms with Gasteiger partial charge in [0.2, 0.25) is 5.79 Å². The Morgan fingerprint density at radius 3 is 2.33 bits per heavy atom. The summed E-state index contributed by atoms with van der Waals surface area (Å²) in [6.45, 7) is 11.3. The minimum absolute atomic E-state index is 0.272. The maximum atomic E-state index is 13.7. The fourth-order valence-electron chi connectivity index (χ4n) is 8.14. The number of ether oxygens (including phenoxy) is 2. The van der Waals surface area contributed by atoms with Crippen molar-refractivity contribution in [2.45, 2.75) is 77.5 Å². The minimum Gasteiger partial charge on any atom is -0.462 e. The molecule has 0 heterocycles. The summed E-state index contributed by atoms with van der Waals surface area (Å²) in [4.78, 5) is 25.6. The number of fused-ring (bicyclic) bond motifs is 3. The van der Waals surface area contributed by atoms with Crippen molar-refractivity contribution in [2.24, 2.45) is 34.0 Å². The van der Waals surface area contributed by atoms with E-state index in [1.165, 1.54) is 14.0 Å². The maximum Gasteiger partial charge on any atom is 0.302 e. The predicted octanol–water partition coefficient (Wildman–Crippen LogP) is 1.58. The lowest BCUT2D eigenvalue weighted by Crippen LogP contribution is -2.80. The van der Waals surface area contributed by atoms with Crippen molar-refractivity contribution in [1.82, 2.24) is 0 Å². The van der Waals surface area contributed by atoms with Crippen LogP contribution in [-0.4, -0.2) is 58.3 Å². The van der Waals surface area contributed by atoms with Crippen molar-refractivity contribution < 1.29 is 34.4 Å². The molecule has 30 heavy (non-hydrogen) atoms. The molecule has 2 bridgehead atoms. The van der Waals surface area contributed by atoms with Gasteiger partial charge in [0.05, 0.1) is 6.10 Å². The highest BCUT2D eigenvalue weighted by molar-refractivity contribution is 6.05. The Balaban J connectivity index is 2.02. The predicted molar refractivity (Wildman–Crippen MR) is 107 cm³/mol. The minimum atomic E-state index is -2.27. The van der Waals surface area contributed by atoms with Gasteiger partial charge in [0.1, 0.15) is 17.6 Å². The zero-order chi connectivity index (χ0) is 22.4. The molecule has 0 aromatic carbocycles. The van der Waals surface area contributed by atoms with Crippen LogP contribution in [0.15, 0.2) is 12.2 Å². The number of aliphatic hydroxyl groups is 3. The topological polar surface area (TPSA) is 113 Å². The third-order valence-electron chi connectivity index (χ3n) is 9.21. The molecule has 7 nitrogen and oxygen atoms in total. The van der Waals surface area contributed by atoms with Crippen molar-refractivity contribution in [3.63, 3.8) is 0 Å². The van der Waals surface area contributed by atoms with Gasteiger partial charge in [0, 0.05) is 31.3 Å². The Kier molecular flexibility index (Phi) is 4.66. The first-order valence-corrected chi connectivity index (χ1v) is 10.9. The Labute approximate surface area is 177 Å². The van der Waals surface area contributed by atoms with E-state index in [2.05, 4.69) is 6.58 Å². The number of rotatable bonds is 2. The largest absolute Gasteiger partial charge is 0.462 e. The first kappa shape index (κ1) is 21.9. The lowest BCUT2D eigenvalue weighted by Gasteiger charge is -2.70. The quantitative estimate of drug-likeness (QED) is 0.352. The van der Waals surface area contributed by atoms with Crippen LogP contribution in [0.3, 0.4) is 0 Å². The molecule has 4 aliphatic rings. The number of esters is 1. The number of hydrogen-bond donors (Lipinski definition) is 3. The van der Waals surface area contributed by atoms with Crippen molar-refractivity contribution in [3.05, 3.63) is 12.2 Å². The van der Waals surface area contributed by atoms with Crippen molar-refractivity contribution in [3.8, 4) is 0 Å². The highest BCUT2D eigenvalue weighted by Crippen LogP contribution is 2.73. The van der Waals surface area contributed by atoms with Crippen molar-refractivity contribution in [1.29, 1.82) is 0 Å². The molecule has 168 valence electrons. The lowest BCUT2D eigenvalue weighted by molar-refractivity contribution is -0.396. The third-order valence-corrected chi connectivity index (χ3v) is 9.21. The molecule has 9 atom stereocenters. The van der Waals surface area contributed by atoms with E-state index in [4.69, 9.17) is 9.47 Å². The summed E-state index contributed by atoms with van der Waals surface area (Å²) < 4.78 is 11.3. The van der Waals surface area contributed by atoms with Crippen LogP contribution in [0.25, 0.3) is 0 Å². The normalized spacial score (nSPS) is 51.9. The van der Waals surface area contributed by atoms with Gasteiger partial charge in [0.25, 0.3) is 0 Å². The van der Waals surface area contributed by atoms with Crippen LogP contribution in [0.2, 0.25) is 0 Å². The van der Waals surface area contributed by atoms with Gasteiger partial charge in [-0.3, -0.25) is 9.59 Å². The SMILES string of the molecule is C=C1C(=O)[C@]23[C@H](O)[C@H]1CC[C@H]2[C@]1(C)[C@@H](OC(C)=O)CCC(C)(C)[C@H]1[C@H](O)[C@@]3(O)OC. The molecule has 4 rings (SSSR count). The summed E-state index contributed by atoms with van der Waals surface area (Å²) >= 11 is 0. The highest BCUT2D eigenvalue weighted by Gasteiger charge is 2.83. The summed E-state index contributed by atoms with van der Waals surface area (Å²) in [5, 5.41) is 34.9. The molecular weight excluding hydrogens is 388 g/mol. The van der Waals surface area contributed by atoms with Crippen LogP contribution in [-0.2, 0) is 19.1 Å². The zero-order valence-electron chi connectivity index (χ0n) is 18.5. The highest BCUT2D eigenvalue weighted by atomic mass is 16.6. The van der Waals surface area contributed by atoms with E-state index in [0.717, 1.165) is 0 Å². The van der Waals surface area contributed by atoms with E-state index in [-0.39, 0.29) is 5.57 Å². The maximum absolute atomic E-state index is 13.7. The summed E-state index contributed by atoms with van der Waals surface area (Å²) in [5.74, 6) is -4.69. The van der Waals surface area contributed by atoms with E-state index in [9.17, 15) is 24.9 Å². The number of ketones is 1. The molecule has 0 unspecified atom stereocenters. The van der Waals surface area contributed by atoms with Crippen LogP contribution in [0.1, 0.15) is 53.4 Å². The molecule has 0 amide bonds. The van der Waals surface area contributed by atoms with Gasteiger partial charge in [0.15, 0.2) is 5.78 Å². The molecule has 1 spiro atoms. The van der Waals surface area contributed by atoms with Crippen LogP contribution >= 0.6 is 0 Å². The molecule has 0 radical (unpaired) electrons. The summed E-state index contributed by atoms with van der Waals surface area (Å²) in [6.07, 6.45) is -0.893. The lowest BCUT2D eigenvalue weighted by atomic mass is 9.37.